The zero-order valence-corrected chi connectivity index (χ0v) is 12.4. The lowest BCUT2D eigenvalue weighted by Crippen LogP contribution is -2.34. The maximum absolute atomic E-state index is 11.7. The first-order valence-electron chi connectivity index (χ1n) is 6.48. The molecule has 1 heterocycles. The van der Waals surface area contributed by atoms with E-state index in [4.69, 9.17) is 0 Å². The first kappa shape index (κ1) is 14.8. The van der Waals surface area contributed by atoms with Crippen molar-refractivity contribution in [3.05, 3.63) is 0 Å². The van der Waals surface area contributed by atoms with E-state index in [2.05, 4.69) is 18.7 Å². The SMILES string of the molecule is CSCC(=O)N(C)CC1CCN(CC(C)C)C1. The van der Waals surface area contributed by atoms with Crippen LogP contribution >= 0.6 is 11.8 Å². The number of carbonyl (C=O) groups excluding carboxylic acids is 1. The van der Waals surface area contributed by atoms with E-state index in [1.54, 1.807) is 11.8 Å². The van der Waals surface area contributed by atoms with Gasteiger partial charge in [-0.1, -0.05) is 13.8 Å². The summed E-state index contributed by atoms with van der Waals surface area (Å²) in [5.41, 5.74) is 0. The number of hydrogen-bond donors (Lipinski definition) is 0. The fourth-order valence-electron chi connectivity index (χ4n) is 2.47. The Morgan fingerprint density at radius 3 is 2.82 bits per heavy atom. The molecule has 0 aliphatic carbocycles. The van der Waals surface area contributed by atoms with E-state index in [0.717, 1.165) is 19.0 Å². The summed E-state index contributed by atoms with van der Waals surface area (Å²) < 4.78 is 0. The molecule has 1 unspecified atom stereocenters. The van der Waals surface area contributed by atoms with Crippen LogP contribution in [0, 0.1) is 11.8 Å². The van der Waals surface area contributed by atoms with E-state index in [1.165, 1.54) is 19.5 Å². The molecule has 1 atom stereocenters. The highest BCUT2D eigenvalue weighted by Gasteiger charge is 2.24. The van der Waals surface area contributed by atoms with Gasteiger partial charge in [-0.15, -0.1) is 0 Å². The van der Waals surface area contributed by atoms with E-state index < -0.39 is 0 Å². The number of nitrogens with zero attached hydrogens (tertiary/aromatic N) is 2. The molecule has 0 saturated carbocycles. The van der Waals surface area contributed by atoms with Crippen molar-refractivity contribution >= 4 is 17.7 Å². The van der Waals surface area contributed by atoms with E-state index in [1.807, 2.05) is 18.2 Å². The Morgan fingerprint density at radius 1 is 1.53 bits per heavy atom. The standard InChI is InChI=1S/C13H26N2OS/c1-11(2)7-15-6-5-12(9-15)8-14(3)13(16)10-17-4/h11-12H,5-10H2,1-4H3. The summed E-state index contributed by atoms with van der Waals surface area (Å²) in [5.74, 6) is 2.29. The quantitative estimate of drug-likeness (QED) is 0.725. The van der Waals surface area contributed by atoms with Crippen LogP contribution in [-0.4, -0.2) is 60.9 Å². The molecule has 0 spiro atoms. The van der Waals surface area contributed by atoms with Crippen molar-refractivity contribution in [3.63, 3.8) is 0 Å². The molecule has 1 rings (SSSR count). The van der Waals surface area contributed by atoms with E-state index in [0.29, 0.717) is 11.7 Å². The average Bonchev–Trinajstić information content (AvgIpc) is 2.64. The molecule has 1 fully saturated rings. The molecule has 0 aromatic carbocycles. The molecule has 3 nitrogen and oxygen atoms in total. The molecular formula is C13H26N2OS. The molecule has 17 heavy (non-hydrogen) atoms. The predicted octanol–water partition coefficient (Wildman–Crippen LogP) is 1.79. The first-order valence-corrected chi connectivity index (χ1v) is 7.87. The topological polar surface area (TPSA) is 23.6 Å². The largest absolute Gasteiger partial charge is 0.345 e. The number of likely N-dealkylation sites (tertiary alicyclic amines) is 1. The van der Waals surface area contributed by atoms with Crippen LogP contribution in [0.1, 0.15) is 20.3 Å². The number of thioether (sulfide) groups is 1. The molecular weight excluding hydrogens is 232 g/mol. The highest BCUT2D eigenvalue weighted by Crippen LogP contribution is 2.18. The van der Waals surface area contributed by atoms with Gasteiger partial charge in [0.15, 0.2) is 0 Å². The van der Waals surface area contributed by atoms with Crippen molar-refractivity contribution in [2.24, 2.45) is 11.8 Å². The smallest absolute Gasteiger partial charge is 0.232 e. The fourth-order valence-corrected chi connectivity index (χ4v) is 2.93. The Bertz CT molecular complexity index is 246. The number of hydrogen-bond acceptors (Lipinski definition) is 3. The zero-order valence-electron chi connectivity index (χ0n) is 11.6. The van der Waals surface area contributed by atoms with E-state index in [9.17, 15) is 4.79 Å². The lowest BCUT2D eigenvalue weighted by molar-refractivity contribution is -0.127. The molecule has 1 aliphatic rings. The molecule has 0 N–H and O–H groups in total. The Balaban J connectivity index is 2.27. The monoisotopic (exact) mass is 258 g/mol. The zero-order chi connectivity index (χ0) is 12.8. The highest BCUT2D eigenvalue weighted by molar-refractivity contribution is 7.99. The van der Waals surface area contributed by atoms with Gasteiger partial charge in [0, 0.05) is 26.7 Å². The third-order valence-corrected chi connectivity index (χ3v) is 3.75. The first-order chi connectivity index (χ1) is 8.02. The van der Waals surface area contributed by atoms with E-state index >= 15 is 0 Å². The summed E-state index contributed by atoms with van der Waals surface area (Å²) in [5, 5.41) is 0. The summed E-state index contributed by atoms with van der Waals surface area (Å²) >= 11 is 1.60. The van der Waals surface area contributed by atoms with E-state index in [-0.39, 0.29) is 5.91 Å². The second kappa shape index (κ2) is 7.27. The minimum absolute atomic E-state index is 0.264. The fraction of sp³-hybridized carbons (Fsp3) is 0.923. The predicted molar refractivity (Wildman–Crippen MR) is 75.4 cm³/mol. The van der Waals surface area contributed by atoms with Crippen molar-refractivity contribution in [2.75, 3.05) is 45.2 Å². The lowest BCUT2D eigenvalue weighted by atomic mass is 10.1. The summed E-state index contributed by atoms with van der Waals surface area (Å²) in [4.78, 5) is 16.1. The van der Waals surface area contributed by atoms with Gasteiger partial charge in [0.25, 0.3) is 0 Å². The molecule has 0 aromatic rings. The van der Waals surface area contributed by atoms with Gasteiger partial charge < -0.3 is 9.80 Å². The number of amides is 1. The third kappa shape index (κ3) is 5.30. The summed E-state index contributed by atoms with van der Waals surface area (Å²) in [6, 6.07) is 0. The van der Waals surface area contributed by atoms with Gasteiger partial charge in [-0.05, 0) is 31.1 Å². The number of carbonyl (C=O) groups is 1. The molecule has 0 radical (unpaired) electrons. The Kier molecular flexibility index (Phi) is 6.34. The molecule has 0 bridgehead atoms. The lowest BCUT2D eigenvalue weighted by Gasteiger charge is -2.22. The van der Waals surface area contributed by atoms with Crippen LogP contribution in [0.5, 0.6) is 0 Å². The molecule has 100 valence electrons. The van der Waals surface area contributed by atoms with Crippen molar-refractivity contribution in [2.45, 2.75) is 20.3 Å². The van der Waals surface area contributed by atoms with Crippen molar-refractivity contribution in [1.82, 2.24) is 9.80 Å². The molecule has 1 aliphatic heterocycles. The summed E-state index contributed by atoms with van der Waals surface area (Å²) in [6.07, 6.45) is 3.22. The second-order valence-electron chi connectivity index (χ2n) is 5.52. The maximum atomic E-state index is 11.7. The van der Waals surface area contributed by atoms with Crippen LogP contribution in [0.25, 0.3) is 0 Å². The molecule has 1 saturated heterocycles. The summed E-state index contributed by atoms with van der Waals surface area (Å²) in [7, 11) is 1.93. The minimum atomic E-state index is 0.264. The van der Waals surface area contributed by atoms with Gasteiger partial charge in [0.1, 0.15) is 0 Å². The van der Waals surface area contributed by atoms with Crippen molar-refractivity contribution in [3.8, 4) is 0 Å². The molecule has 0 aromatic heterocycles. The van der Waals surface area contributed by atoms with Gasteiger partial charge in [0.05, 0.1) is 5.75 Å². The third-order valence-electron chi connectivity index (χ3n) is 3.22. The van der Waals surface area contributed by atoms with Crippen LogP contribution in [-0.2, 0) is 4.79 Å². The highest BCUT2D eigenvalue weighted by atomic mass is 32.2. The average molecular weight is 258 g/mol. The maximum Gasteiger partial charge on any atom is 0.232 e. The van der Waals surface area contributed by atoms with Gasteiger partial charge in [0.2, 0.25) is 5.91 Å². The van der Waals surface area contributed by atoms with Gasteiger partial charge >= 0.3 is 0 Å². The van der Waals surface area contributed by atoms with Crippen LogP contribution < -0.4 is 0 Å². The Hall–Kier alpha value is -0.220. The minimum Gasteiger partial charge on any atom is -0.345 e. The van der Waals surface area contributed by atoms with Gasteiger partial charge in [-0.25, -0.2) is 0 Å². The van der Waals surface area contributed by atoms with Crippen LogP contribution in [0.15, 0.2) is 0 Å². The Morgan fingerprint density at radius 2 is 2.24 bits per heavy atom. The van der Waals surface area contributed by atoms with Crippen LogP contribution in [0.3, 0.4) is 0 Å². The van der Waals surface area contributed by atoms with Gasteiger partial charge in [-0.2, -0.15) is 11.8 Å². The number of rotatable bonds is 6. The van der Waals surface area contributed by atoms with Crippen LogP contribution in [0.4, 0.5) is 0 Å². The Labute approximate surface area is 110 Å². The van der Waals surface area contributed by atoms with Crippen LogP contribution in [0.2, 0.25) is 0 Å². The summed E-state index contributed by atoms with van der Waals surface area (Å²) in [6.45, 7) is 9.01. The molecule has 1 amide bonds. The molecule has 4 heteroatoms. The van der Waals surface area contributed by atoms with Gasteiger partial charge in [-0.3, -0.25) is 4.79 Å². The normalized spacial score (nSPS) is 21.1. The second-order valence-corrected chi connectivity index (χ2v) is 6.38. The van der Waals surface area contributed by atoms with Crippen molar-refractivity contribution in [1.29, 1.82) is 0 Å². The van der Waals surface area contributed by atoms with Crippen molar-refractivity contribution < 1.29 is 4.79 Å².